The first-order chi connectivity index (χ1) is 10.5. The zero-order chi connectivity index (χ0) is 16.0. The lowest BCUT2D eigenvalue weighted by molar-refractivity contribution is -0.120. The van der Waals surface area contributed by atoms with Crippen molar-refractivity contribution in [2.45, 2.75) is 17.4 Å². The first-order valence-electron chi connectivity index (χ1n) is 6.11. The maximum absolute atomic E-state index is 11.8. The predicted molar refractivity (Wildman–Crippen MR) is 76.4 cm³/mol. The molecule has 0 aromatic carbocycles. The molecule has 2 rings (SSSR count). The van der Waals surface area contributed by atoms with Gasteiger partial charge in [0, 0.05) is 7.11 Å². The van der Waals surface area contributed by atoms with Crippen molar-refractivity contribution >= 4 is 27.3 Å². The molecular formula is C11H14N4O5S2. The molecule has 0 fully saturated rings. The molecule has 0 radical (unpaired) electrons. The first-order valence-corrected chi connectivity index (χ1v) is 8.48. The minimum absolute atomic E-state index is 0.0102. The van der Waals surface area contributed by atoms with E-state index in [0.29, 0.717) is 5.82 Å². The van der Waals surface area contributed by atoms with Gasteiger partial charge in [0.05, 0.1) is 13.1 Å². The molecule has 0 aliphatic heterocycles. The standard InChI is InChI=1S/C11H14N4O5S2/c1-19-7-8-14-10(20-15-8)6-12-9(16)5-13-22(17,18)11-3-2-4-21-11/h2-4,13H,5-7H2,1H3,(H,12,16). The predicted octanol–water partition coefficient (Wildman–Crippen LogP) is -0.128. The number of aromatic nitrogens is 2. The van der Waals surface area contributed by atoms with Crippen LogP contribution in [0, 0.1) is 0 Å². The van der Waals surface area contributed by atoms with Crippen LogP contribution >= 0.6 is 11.3 Å². The number of methoxy groups -OCH3 is 1. The van der Waals surface area contributed by atoms with Gasteiger partial charge >= 0.3 is 0 Å². The van der Waals surface area contributed by atoms with Gasteiger partial charge in [-0.2, -0.15) is 4.98 Å². The maximum atomic E-state index is 11.8. The zero-order valence-electron chi connectivity index (χ0n) is 11.6. The molecule has 11 heteroatoms. The number of rotatable bonds is 8. The van der Waals surface area contributed by atoms with Crippen LogP contribution in [0.15, 0.2) is 26.2 Å². The van der Waals surface area contributed by atoms with Crippen molar-refractivity contribution in [3.8, 4) is 0 Å². The molecule has 9 nitrogen and oxygen atoms in total. The van der Waals surface area contributed by atoms with Crippen LogP contribution in [0.2, 0.25) is 0 Å². The second-order valence-electron chi connectivity index (χ2n) is 4.07. The fourth-order valence-electron chi connectivity index (χ4n) is 1.43. The highest BCUT2D eigenvalue weighted by atomic mass is 32.2. The van der Waals surface area contributed by atoms with Gasteiger partial charge in [-0.15, -0.1) is 11.3 Å². The Hall–Kier alpha value is -1.82. The smallest absolute Gasteiger partial charge is 0.250 e. The van der Waals surface area contributed by atoms with Crippen LogP contribution in [-0.4, -0.2) is 38.1 Å². The lowest BCUT2D eigenvalue weighted by Crippen LogP contribution is -2.36. The quantitative estimate of drug-likeness (QED) is 0.682. The van der Waals surface area contributed by atoms with Gasteiger partial charge in [0.2, 0.25) is 11.8 Å². The summed E-state index contributed by atoms with van der Waals surface area (Å²) in [5, 5.41) is 7.74. The Morgan fingerprint density at radius 1 is 1.50 bits per heavy atom. The number of amides is 1. The van der Waals surface area contributed by atoms with Crippen molar-refractivity contribution in [1.82, 2.24) is 20.2 Å². The number of thiophene rings is 1. The molecule has 0 spiro atoms. The molecule has 2 N–H and O–H groups in total. The normalized spacial score (nSPS) is 11.5. The highest BCUT2D eigenvalue weighted by Gasteiger charge is 2.16. The average molecular weight is 346 g/mol. The van der Waals surface area contributed by atoms with E-state index in [1.54, 1.807) is 11.4 Å². The van der Waals surface area contributed by atoms with E-state index >= 15 is 0 Å². The van der Waals surface area contributed by atoms with Crippen molar-refractivity contribution in [2.75, 3.05) is 13.7 Å². The molecule has 2 heterocycles. The van der Waals surface area contributed by atoms with Crippen LogP contribution in [0.5, 0.6) is 0 Å². The van der Waals surface area contributed by atoms with Gasteiger partial charge < -0.3 is 14.6 Å². The number of ether oxygens (including phenoxy) is 1. The summed E-state index contributed by atoms with van der Waals surface area (Å²) in [4.78, 5) is 15.6. The molecule has 0 saturated carbocycles. The molecule has 0 bridgehead atoms. The molecule has 0 saturated heterocycles. The second kappa shape index (κ2) is 7.45. The molecule has 2 aromatic rings. The summed E-state index contributed by atoms with van der Waals surface area (Å²) in [6, 6.07) is 3.08. The van der Waals surface area contributed by atoms with Crippen LogP contribution in [-0.2, 0) is 32.7 Å². The van der Waals surface area contributed by atoms with Crippen LogP contribution in [0.25, 0.3) is 0 Å². The van der Waals surface area contributed by atoms with E-state index in [1.807, 2.05) is 0 Å². The van der Waals surface area contributed by atoms with Crippen LogP contribution in [0.4, 0.5) is 0 Å². The van der Waals surface area contributed by atoms with Crippen molar-refractivity contribution in [2.24, 2.45) is 0 Å². The number of sulfonamides is 1. The Bertz CT molecular complexity index is 711. The molecule has 0 aliphatic carbocycles. The van der Waals surface area contributed by atoms with Gasteiger partial charge in [0.1, 0.15) is 10.8 Å². The number of nitrogens with one attached hydrogen (secondary N) is 2. The third-order valence-corrected chi connectivity index (χ3v) is 5.20. The van der Waals surface area contributed by atoms with Gasteiger partial charge in [-0.1, -0.05) is 11.2 Å². The Balaban J connectivity index is 1.78. The van der Waals surface area contributed by atoms with E-state index < -0.39 is 15.9 Å². The van der Waals surface area contributed by atoms with E-state index in [9.17, 15) is 13.2 Å². The molecule has 1 amide bonds. The van der Waals surface area contributed by atoms with Crippen molar-refractivity contribution in [3.05, 3.63) is 29.2 Å². The summed E-state index contributed by atoms with van der Waals surface area (Å²) in [5.41, 5.74) is 0. The van der Waals surface area contributed by atoms with E-state index in [1.165, 1.54) is 13.2 Å². The van der Waals surface area contributed by atoms with Gasteiger partial charge in [0.25, 0.3) is 10.0 Å². The van der Waals surface area contributed by atoms with Gasteiger partial charge in [-0.25, -0.2) is 13.1 Å². The van der Waals surface area contributed by atoms with E-state index in [2.05, 4.69) is 20.2 Å². The summed E-state index contributed by atoms with van der Waals surface area (Å²) in [6.45, 7) is -0.159. The minimum atomic E-state index is -3.66. The number of hydrogen-bond donors (Lipinski definition) is 2. The molecule has 22 heavy (non-hydrogen) atoms. The SMILES string of the molecule is COCc1noc(CNC(=O)CNS(=O)(=O)c2cccs2)n1. The van der Waals surface area contributed by atoms with Gasteiger partial charge in [-0.3, -0.25) is 4.79 Å². The van der Waals surface area contributed by atoms with E-state index in [0.717, 1.165) is 11.3 Å². The average Bonchev–Trinajstić information content (AvgIpc) is 3.15. The van der Waals surface area contributed by atoms with Gasteiger partial charge in [-0.05, 0) is 11.4 Å². The van der Waals surface area contributed by atoms with Crippen molar-refractivity contribution < 1.29 is 22.5 Å². The fourth-order valence-corrected chi connectivity index (χ4v) is 3.45. The lowest BCUT2D eigenvalue weighted by atomic mass is 10.5. The van der Waals surface area contributed by atoms with E-state index in [4.69, 9.17) is 9.26 Å². The summed E-state index contributed by atoms with van der Waals surface area (Å²) < 4.78 is 35.7. The van der Waals surface area contributed by atoms with Crippen LogP contribution in [0.1, 0.15) is 11.7 Å². The monoisotopic (exact) mass is 346 g/mol. The largest absolute Gasteiger partial charge is 0.377 e. The Kier molecular flexibility index (Phi) is 5.60. The summed E-state index contributed by atoms with van der Waals surface area (Å²) in [6.07, 6.45) is 0. The Morgan fingerprint density at radius 2 is 2.32 bits per heavy atom. The molecule has 2 aromatic heterocycles. The zero-order valence-corrected chi connectivity index (χ0v) is 13.2. The highest BCUT2D eigenvalue weighted by molar-refractivity contribution is 7.91. The number of carbonyl (C=O) groups excluding carboxylic acids is 1. The number of nitrogens with zero attached hydrogens (tertiary/aromatic N) is 2. The Morgan fingerprint density at radius 3 is 3.00 bits per heavy atom. The third kappa shape index (κ3) is 4.59. The van der Waals surface area contributed by atoms with Gasteiger partial charge in [0.15, 0.2) is 5.82 Å². The lowest BCUT2D eigenvalue weighted by Gasteiger charge is -2.04. The van der Waals surface area contributed by atoms with E-state index in [-0.39, 0.29) is 29.8 Å². The van der Waals surface area contributed by atoms with Crippen molar-refractivity contribution in [1.29, 1.82) is 0 Å². The van der Waals surface area contributed by atoms with Crippen molar-refractivity contribution in [3.63, 3.8) is 0 Å². The third-order valence-electron chi connectivity index (χ3n) is 2.40. The molecular weight excluding hydrogens is 332 g/mol. The number of carbonyl (C=O) groups is 1. The second-order valence-corrected chi connectivity index (χ2v) is 7.01. The minimum Gasteiger partial charge on any atom is -0.377 e. The fraction of sp³-hybridized carbons (Fsp3) is 0.364. The number of hydrogen-bond acceptors (Lipinski definition) is 8. The molecule has 0 atom stereocenters. The topological polar surface area (TPSA) is 123 Å². The first kappa shape index (κ1) is 16.5. The van der Waals surface area contributed by atoms with Crippen LogP contribution in [0.3, 0.4) is 0 Å². The summed E-state index contributed by atoms with van der Waals surface area (Å²) in [5.74, 6) is 0.0679. The summed E-state index contributed by atoms with van der Waals surface area (Å²) >= 11 is 1.07. The molecule has 120 valence electrons. The highest BCUT2D eigenvalue weighted by Crippen LogP contribution is 2.14. The summed E-state index contributed by atoms with van der Waals surface area (Å²) in [7, 11) is -2.16. The maximum Gasteiger partial charge on any atom is 0.250 e. The van der Waals surface area contributed by atoms with Crippen LogP contribution < -0.4 is 10.0 Å². The Labute approximate surface area is 130 Å². The molecule has 0 unspecified atom stereocenters. The molecule has 0 aliphatic rings.